The minimum atomic E-state index is -3.33. The summed E-state index contributed by atoms with van der Waals surface area (Å²) >= 11 is 0. The lowest BCUT2D eigenvalue weighted by Crippen LogP contribution is -2.53. The normalized spacial score (nSPS) is 19.7. The van der Waals surface area contributed by atoms with Crippen molar-refractivity contribution in [1.82, 2.24) is 13.9 Å². The molecule has 0 aromatic carbocycles. The fourth-order valence-corrected chi connectivity index (χ4v) is 4.17. The van der Waals surface area contributed by atoms with Gasteiger partial charge >= 0.3 is 0 Å². The SMILES string of the molecule is CCNCC1CCN(S(=O)(=O)N(C)C(C)(C)CC)CC1. The van der Waals surface area contributed by atoms with Gasteiger partial charge in [0.2, 0.25) is 0 Å². The predicted octanol–water partition coefficient (Wildman–Crippen LogP) is 1.67. The Balaban J connectivity index is 2.63. The summed E-state index contributed by atoms with van der Waals surface area (Å²) in [5, 5.41) is 3.35. The first-order valence-electron chi connectivity index (χ1n) is 7.70. The molecule has 0 aromatic heterocycles. The molecule has 5 nitrogen and oxygen atoms in total. The molecule has 0 radical (unpaired) electrons. The fourth-order valence-electron chi connectivity index (χ4n) is 2.40. The minimum Gasteiger partial charge on any atom is -0.317 e. The van der Waals surface area contributed by atoms with Crippen molar-refractivity contribution in [1.29, 1.82) is 0 Å². The quantitative estimate of drug-likeness (QED) is 0.778. The highest BCUT2D eigenvalue weighted by atomic mass is 32.2. The molecule has 1 saturated heterocycles. The Kier molecular flexibility index (Phi) is 6.44. The van der Waals surface area contributed by atoms with Crippen LogP contribution in [-0.4, -0.2) is 55.8 Å². The van der Waals surface area contributed by atoms with E-state index in [-0.39, 0.29) is 5.54 Å². The van der Waals surface area contributed by atoms with Crippen LogP contribution in [0.15, 0.2) is 0 Å². The van der Waals surface area contributed by atoms with Gasteiger partial charge in [0.1, 0.15) is 0 Å². The van der Waals surface area contributed by atoms with Crippen molar-refractivity contribution in [3.63, 3.8) is 0 Å². The third kappa shape index (κ3) is 4.16. The lowest BCUT2D eigenvalue weighted by atomic mass is 9.98. The Morgan fingerprint density at radius 3 is 2.25 bits per heavy atom. The molecule has 120 valence electrons. The Morgan fingerprint density at radius 2 is 1.80 bits per heavy atom. The van der Waals surface area contributed by atoms with Crippen LogP contribution in [-0.2, 0) is 10.2 Å². The second-order valence-electron chi connectivity index (χ2n) is 6.29. The van der Waals surface area contributed by atoms with E-state index < -0.39 is 10.2 Å². The molecular weight excluding hydrogens is 274 g/mol. The minimum absolute atomic E-state index is 0.334. The molecule has 1 fully saturated rings. The number of hydrogen-bond acceptors (Lipinski definition) is 3. The zero-order chi connectivity index (χ0) is 15.4. The van der Waals surface area contributed by atoms with Gasteiger partial charge in [-0.3, -0.25) is 0 Å². The molecule has 0 aliphatic carbocycles. The summed E-state index contributed by atoms with van der Waals surface area (Å²) < 4.78 is 28.5. The summed E-state index contributed by atoms with van der Waals surface area (Å²) in [6.07, 6.45) is 2.71. The average Bonchev–Trinajstić information content (AvgIpc) is 2.44. The first-order chi connectivity index (χ1) is 9.25. The van der Waals surface area contributed by atoms with E-state index in [2.05, 4.69) is 12.2 Å². The van der Waals surface area contributed by atoms with Gasteiger partial charge in [-0.05, 0) is 52.1 Å². The van der Waals surface area contributed by atoms with Crippen molar-refractivity contribution in [2.75, 3.05) is 33.2 Å². The van der Waals surface area contributed by atoms with Crippen LogP contribution in [0.5, 0.6) is 0 Å². The van der Waals surface area contributed by atoms with Crippen LogP contribution >= 0.6 is 0 Å². The summed E-state index contributed by atoms with van der Waals surface area (Å²) in [5.41, 5.74) is -0.334. The average molecular weight is 305 g/mol. The van der Waals surface area contributed by atoms with Gasteiger partial charge in [0.25, 0.3) is 10.2 Å². The molecule has 0 bridgehead atoms. The van der Waals surface area contributed by atoms with Crippen LogP contribution in [0.1, 0.15) is 47.0 Å². The number of hydrogen-bond donors (Lipinski definition) is 1. The van der Waals surface area contributed by atoms with Gasteiger partial charge in [-0.1, -0.05) is 13.8 Å². The van der Waals surface area contributed by atoms with Crippen LogP contribution in [0.25, 0.3) is 0 Å². The standard InChI is InChI=1S/C14H31N3O2S/c1-6-14(3,4)16(5)20(18,19)17-10-8-13(9-11-17)12-15-7-2/h13,15H,6-12H2,1-5H3. The first kappa shape index (κ1) is 17.9. The van der Waals surface area contributed by atoms with Crippen molar-refractivity contribution >= 4 is 10.2 Å². The van der Waals surface area contributed by atoms with Gasteiger partial charge in [0, 0.05) is 25.7 Å². The third-order valence-corrected chi connectivity index (χ3v) is 6.85. The van der Waals surface area contributed by atoms with Crippen molar-refractivity contribution in [3.05, 3.63) is 0 Å². The van der Waals surface area contributed by atoms with E-state index in [1.54, 1.807) is 11.4 Å². The van der Waals surface area contributed by atoms with Crippen molar-refractivity contribution in [2.24, 2.45) is 5.92 Å². The maximum Gasteiger partial charge on any atom is 0.282 e. The Morgan fingerprint density at radius 1 is 1.25 bits per heavy atom. The smallest absolute Gasteiger partial charge is 0.282 e. The Bertz CT molecular complexity index is 387. The van der Waals surface area contributed by atoms with Crippen LogP contribution in [0.4, 0.5) is 0 Å². The molecule has 0 amide bonds. The van der Waals surface area contributed by atoms with Gasteiger partial charge in [-0.15, -0.1) is 0 Å². The molecule has 1 heterocycles. The van der Waals surface area contributed by atoms with E-state index in [0.29, 0.717) is 19.0 Å². The summed E-state index contributed by atoms with van der Waals surface area (Å²) in [6.45, 7) is 11.3. The topological polar surface area (TPSA) is 52.7 Å². The zero-order valence-corrected chi connectivity index (χ0v) is 14.5. The van der Waals surface area contributed by atoms with E-state index in [4.69, 9.17) is 0 Å². The van der Waals surface area contributed by atoms with E-state index >= 15 is 0 Å². The van der Waals surface area contributed by atoms with Crippen molar-refractivity contribution < 1.29 is 8.42 Å². The second kappa shape index (κ2) is 7.20. The Labute approximate surface area is 124 Å². The van der Waals surface area contributed by atoms with Crippen LogP contribution in [0.3, 0.4) is 0 Å². The van der Waals surface area contributed by atoms with Crippen LogP contribution in [0, 0.1) is 5.92 Å². The van der Waals surface area contributed by atoms with Gasteiger partial charge in [-0.2, -0.15) is 17.0 Å². The maximum absolute atomic E-state index is 12.6. The summed E-state index contributed by atoms with van der Waals surface area (Å²) in [7, 11) is -1.63. The summed E-state index contributed by atoms with van der Waals surface area (Å²) in [4.78, 5) is 0. The Hall–Kier alpha value is -0.170. The van der Waals surface area contributed by atoms with E-state index in [9.17, 15) is 8.42 Å². The molecule has 6 heteroatoms. The molecule has 0 unspecified atom stereocenters. The van der Waals surface area contributed by atoms with Crippen molar-refractivity contribution in [3.8, 4) is 0 Å². The largest absolute Gasteiger partial charge is 0.317 e. The third-order valence-electron chi connectivity index (χ3n) is 4.65. The lowest BCUT2D eigenvalue weighted by Gasteiger charge is -2.39. The molecular formula is C14H31N3O2S. The van der Waals surface area contributed by atoms with Crippen molar-refractivity contribution in [2.45, 2.75) is 52.5 Å². The van der Waals surface area contributed by atoms with E-state index in [1.165, 1.54) is 4.31 Å². The number of nitrogens with one attached hydrogen (secondary N) is 1. The second-order valence-corrected chi connectivity index (χ2v) is 8.25. The van der Waals surface area contributed by atoms with Gasteiger partial charge in [-0.25, -0.2) is 0 Å². The molecule has 1 aliphatic heterocycles. The summed E-state index contributed by atoms with van der Waals surface area (Å²) in [6, 6.07) is 0. The molecule has 20 heavy (non-hydrogen) atoms. The number of nitrogens with zero attached hydrogens (tertiary/aromatic N) is 2. The molecule has 1 aliphatic rings. The molecule has 0 aromatic rings. The van der Waals surface area contributed by atoms with Gasteiger partial charge in [0.15, 0.2) is 0 Å². The molecule has 0 spiro atoms. The predicted molar refractivity (Wildman–Crippen MR) is 83.9 cm³/mol. The number of rotatable bonds is 7. The van der Waals surface area contributed by atoms with Gasteiger partial charge < -0.3 is 5.32 Å². The fraction of sp³-hybridized carbons (Fsp3) is 1.00. The molecule has 0 atom stereocenters. The first-order valence-corrected chi connectivity index (χ1v) is 9.10. The highest BCUT2D eigenvalue weighted by Crippen LogP contribution is 2.26. The zero-order valence-electron chi connectivity index (χ0n) is 13.6. The van der Waals surface area contributed by atoms with Crippen LogP contribution < -0.4 is 5.32 Å². The van der Waals surface area contributed by atoms with Crippen LogP contribution in [0.2, 0.25) is 0 Å². The van der Waals surface area contributed by atoms with Gasteiger partial charge in [0.05, 0.1) is 0 Å². The lowest BCUT2D eigenvalue weighted by molar-refractivity contribution is 0.211. The highest BCUT2D eigenvalue weighted by Gasteiger charge is 2.37. The number of piperidine rings is 1. The monoisotopic (exact) mass is 305 g/mol. The van der Waals surface area contributed by atoms with E-state index in [0.717, 1.165) is 32.4 Å². The maximum atomic E-state index is 12.6. The molecule has 0 saturated carbocycles. The molecule has 1 N–H and O–H groups in total. The highest BCUT2D eigenvalue weighted by molar-refractivity contribution is 7.86. The summed E-state index contributed by atoms with van der Waals surface area (Å²) in [5.74, 6) is 0.603. The molecule has 1 rings (SSSR count). The van der Waals surface area contributed by atoms with E-state index in [1.807, 2.05) is 20.8 Å².